The van der Waals surface area contributed by atoms with Crippen molar-refractivity contribution in [3.8, 4) is 29.1 Å². The van der Waals surface area contributed by atoms with Crippen molar-refractivity contribution in [3.05, 3.63) is 95.1 Å². The summed E-state index contributed by atoms with van der Waals surface area (Å²) in [5.74, 6) is 0.541. The third-order valence-corrected chi connectivity index (χ3v) is 5.73. The lowest BCUT2D eigenvalue weighted by Crippen LogP contribution is -2.25. The average Bonchev–Trinajstić information content (AvgIpc) is 2.99. The van der Waals surface area contributed by atoms with Gasteiger partial charge in [-0.15, -0.1) is 0 Å². The van der Waals surface area contributed by atoms with Gasteiger partial charge in [0.25, 0.3) is 5.91 Å². The molecule has 0 aliphatic carbocycles. The molecule has 3 rings (SSSR count). The first-order chi connectivity index (χ1) is 19.5. The lowest BCUT2D eigenvalue weighted by molar-refractivity contribution is -0.129. The van der Waals surface area contributed by atoms with Gasteiger partial charge in [-0.2, -0.15) is 5.26 Å². The van der Waals surface area contributed by atoms with E-state index in [1.54, 1.807) is 49.6 Å². The number of benzene rings is 3. The van der Waals surface area contributed by atoms with Crippen molar-refractivity contribution < 1.29 is 28.5 Å². The largest absolute Gasteiger partial charge is 0.493 e. The second-order valence-corrected chi connectivity index (χ2v) is 8.63. The van der Waals surface area contributed by atoms with Crippen molar-refractivity contribution in [2.75, 3.05) is 20.8 Å². The van der Waals surface area contributed by atoms with Crippen LogP contribution in [0.4, 0.5) is 0 Å². The van der Waals surface area contributed by atoms with Crippen LogP contribution < -0.4 is 24.3 Å². The Labute approximate surface area is 234 Å². The molecule has 3 aromatic rings. The van der Waals surface area contributed by atoms with Crippen LogP contribution in [0.5, 0.6) is 23.0 Å². The van der Waals surface area contributed by atoms with Crippen molar-refractivity contribution in [1.29, 1.82) is 5.26 Å². The zero-order valence-electron chi connectivity index (χ0n) is 22.8. The van der Waals surface area contributed by atoms with Crippen molar-refractivity contribution in [1.82, 2.24) is 5.32 Å². The topological polar surface area (TPSA) is 107 Å². The van der Waals surface area contributed by atoms with Crippen LogP contribution >= 0.6 is 0 Å². The van der Waals surface area contributed by atoms with Gasteiger partial charge < -0.3 is 24.3 Å². The van der Waals surface area contributed by atoms with Gasteiger partial charge in [-0.25, -0.2) is 4.79 Å². The second-order valence-electron chi connectivity index (χ2n) is 8.63. The number of hydrogen-bond donors (Lipinski definition) is 1. The summed E-state index contributed by atoms with van der Waals surface area (Å²) in [4.78, 5) is 24.8. The fourth-order valence-electron chi connectivity index (χ4n) is 3.60. The van der Waals surface area contributed by atoms with Crippen molar-refractivity contribution in [2.24, 2.45) is 0 Å². The van der Waals surface area contributed by atoms with Crippen LogP contribution in [0.2, 0.25) is 0 Å². The van der Waals surface area contributed by atoms with E-state index in [-0.39, 0.29) is 17.1 Å². The number of hydrogen-bond acceptors (Lipinski definition) is 7. The molecule has 0 aliphatic heterocycles. The second kappa shape index (κ2) is 15.4. The molecule has 0 saturated carbocycles. The number of nitrogens with zero attached hydrogens (tertiary/aromatic N) is 1. The Balaban J connectivity index is 1.65. The smallest absolute Gasteiger partial charge is 0.336 e. The highest BCUT2D eigenvalue weighted by Gasteiger charge is 2.12. The monoisotopic (exact) mass is 540 g/mol. The Morgan fingerprint density at radius 2 is 1.57 bits per heavy atom. The minimum absolute atomic E-state index is 0.0299. The van der Waals surface area contributed by atoms with Crippen molar-refractivity contribution in [2.45, 2.75) is 26.4 Å². The number of amides is 1. The Morgan fingerprint density at radius 3 is 2.27 bits per heavy atom. The Kier molecular flexibility index (Phi) is 11.4. The molecule has 0 bridgehead atoms. The quantitative estimate of drug-likeness (QED) is 0.0971. The molecule has 0 aromatic heterocycles. The first-order valence-electron chi connectivity index (χ1n) is 12.8. The highest BCUT2D eigenvalue weighted by molar-refractivity contribution is 6.01. The molecular formula is C32H32N2O6. The predicted molar refractivity (Wildman–Crippen MR) is 153 cm³/mol. The number of ether oxygens (including phenoxy) is 4. The summed E-state index contributed by atoms with van der Waals surface area (Å²) < 4.78 is 22.1. The van der Waals surface area contributed by atoms with Crippen LogP contribution in [-0.2, 0) is 16.2 Å². The molecule has 0 atom stereocenters. The van der Waals surface area contributed by atoms with Crippen LogP contribution in [0, 0.1) is 11.3 Å². The number of nitrogens with one attached hydrogen (secondary N) is 1. The summed E-state index contributed by atoms with van der Waals surface area (Å²) in [6, 6.07) is 21.8. The molecule has 0 aliphatic rings. The molecule has 8 nitrogen and oxygen atoms in total. The number of rotatable bonds is 13. The van der Waals surface area contributed by atoms with Crippen LogP contribution in [-0.4, -0.2) is 32.6 Å². The zero-order valence-corrected chi connectivity index (χ0v) is 22.8. The van der Waals surface area contributed by atoms with E-state index >= 15 is 0 Å². The van der Waals surface area contributed by atoms with E-state index in [1.807, 2.05) is 43.3 Å². The lowest BCUT2D eigenvalue weighted by Gasteiger charge is -2.11. The summed E-state index contributed by atoms with van der Waals surface area (Å²) in [5, 5.41) is 12.1. The van der Waals surface area contributed by atoms with Crippen LogP contribution in [0.1, 0.15) is 36.5 Å². The average molecular weight is 541 g/mol. The van der Waals surface area contributed by atoms with E-state index in [0.717, 1.165) is 24.0 Å². The highest BCUT2D eigenvalue weighted by atomic mass is 16.6. The third kappa shape index (κ3) is 8.77. The maximum atomic E-state index is 12.5. The summed E-state index contributed by atoms with van der Waals surface area (Å²) in [6.45, 7) is 2.92. The fourth-order valence-corrected chi connectivity index (χ4v) is 3.60. The number of unbranched alkanes of at least 4 members (excludes halogenated alkanes) is 1. The number of nitriles is 1. The standard InChI is InChI=1S/C32H32N2O6/c1-4-5-17-34-32(36)26(21-33)18-25-12-15-28(30(20-25)38-3)40-31(35)16-13-23-11-14-27(29(19-23)37-2)39-22-24-9-7-6-8-10-24/h6-16,18-20H,4-5,17,22H2,1-3H3,(H,34,36)/b16-13+,26-18+. The summed E-state index contributed by atoms with van der Waals surface area (Å²) in [6.07, 6.45) is 6.11. The van der Waals surface area contributed by atoms with Crippen LogP contribution in [0.15, 0.2) is 78.4 Å². The minimum atomic E-state index is -0.613. The Bertz CT molecular complexity index is 1410. The van der Waals surface area contributed by atoms with Gasteiger partial charge in [-0.1, -0.05) is 55.8 Å². The summed E-state index contributed by atoms with van der Waals surface area (Å²) in [7, 11) is 2.99. The van der Waals surface area contributed by atoms with E-state index < -0.39 is 11.9 Å². The molecule has 0 heterocycles. The maximum Gasteiger partial charge on any atom is 0.336 e. The van der Waals surface area contributed by atoms with E-state index in [2.05, 4.69) is 5.32 Å². The third-order valence-electron chi connectivity index (χ3n) is 5.73. The van der Waals surface area contributed by atoms with Gasteiger partial charge in [0.05, 0.1) is 14.2 Å². The lowest BCUT2D eigenvalue weighted by atomic mass is 10.1. The molecular weight excluding hydrogens is 508 g/mol. The maximum absolute atomic E-state index is 12.5. The molecule has 0 spiro atoms. The van der Waals surface area contributed by atoms with Crippen molar-refractivity contribution >= 4 is 24.0 Å². The molecule has 0 fully saturated rings. The Hall–Kier alpha value is -5.03. The molecule has 0 radical (unpaired) electrons. The number of esters is 1. The van der Waals surface area contributed by atoms with E-state index in [9.17, 15) is 14.9 Å². The number of methoxy groups -OCH3 is 2. The number of carbonyl (C=O) groups excluding carboxylic acids is 2. The molecule has 3 aromatic carbocycles. The van der Waals surface area contributed by atoms with Gasteiger partial charge in [0, 0.05) is 12.6 Å². The van der Waals surface area contributed by atoms with Gasteiger partial charge in [-0.3, -0.25) is 4.79 Å². The van der Waals surface area contributed by atoms with Gasteiger partial charge in [0.1, 0.15) is 18.2 Å². The van der Waals surface area contributed by atoms with E-state index in [0.29, 0.717) is 30.2 Å². The van der Waals surface area contributed by atoms with Gasteiger partial charge in [0.2, 0.25) is 0 Å². The predicted octanol–water partition coefficient (Wildman–Crippen LogP) is 5.72. The molecule has 206 valence electrons. The molecule has 8 heteroatoms. The molecule has 1 N–H and O–H groups in total. The molecule has 1 amide bonds. The molecule has 40 heavy (non-hydrogen) atoms. The highest BCUT2D eigenvalue weighted by Crippen LogP contribution is 2.31. The van der Waals surface area contributed by atoms with Gasteiger partial charge in [-0.05, 0) is 59.5 Å². The SMILES string of the molecule is CCCCNC(=O)/C(C#N)=C/c1ccc(OC(=O)/C=C/c2ccc(OCc3ccccc3)c(OC)c2)c(OC)c1. The van der Waals surface area contributed by atoms with E-state index in [1.165, 1.54) is 19.3 Å². The zero-order chi connectivity index (χ0) is 28.7. The fraction of sp³-hybridized carbons (Fsp3) is 0.219. The van der Waals surface area contributed by atoms with Gasteiger partial charge >= 0.3 is 5.97 Å². The van der Waals surface area contributed by atoms with E-state index in [4.69, 9.17) is 18.9 Å². The normalized spacial score (nSPS) is 11.0. The summed E-state index contributed by atoms with van der Waals surface area (Å²) in [5.41, 5.74) is 2.28. The van der Waals surface area contributed by atoms with Crippen LogP contribution in [0.25, 0.3) is 12.2 Å². The summed E-state index contributed by atoms with van der Waals surface area (Å²) >= 11 is 0. The van der Waals surface area contributed by atoms with Crippen LogP contribution in [0.3, 0.4) is 0 Å². The minimum Gasteiger partial charge on any atom is -0.493 e. The molecule has 0 saturated heterocycles. The first kappa shape index (κ1) is 29.5. The number of carbonyl (C=O) groups is 2. The van der Waals surface area contributed by atoms with Gasteiger partial charge in [0.15, 0.2) is 23.0 Å². The van der Waals surface area contributed by atoms with Crippen molar-refractivity contribution in [3.63, 3.8) is 0 Å². The first-order valence-corrected chi connectivity index (χ1v) is 12.8. The Morgan fingerprint density at radius 1 is 0.900 bits per heavy atom. The molecule has 0 unspecified atom stereocenters.